The van der Waals surface area contributed by atoms with E-state index < -0.39 is 17.5 Å². The van der Waals surface area contributed by atoms with Crippen molar-refractivity contribution in [2.75, 3.05) is 11.1 Å². The summed E-state index contributed by atoms with van der Waals surface area (Å²) in [6, 6.07) is 8.86. The molecule has 2 aromatic carbocycles. The maximum Gasteiger partial charge on any atom is 0.257 e. The molecule has 0 unspecified atom stereocenters. The third kappa shape index (κ3) is 2.93. The SMILES string of the molecule is CCc1cccc(NC(=O)c2cc(F)c(F)cc2N)c1. The van der Waals surface area contributed by atoms with E-state index in [0.717, 1.165) is 24.1 Å². The molecule has 20 heavy (non-hydrogen) atoms. The van der Waals surface area contributed by atoms with Crippen molar-refractivity contribution in [2.45, 2.75) is 13.3 Å². The second-order valence-corrected chi connectivity index (χ2v) is 4.36. The fraction of sp³-hybridized carbons (Fsp3) is 0.133. The second-order valence-electron chi connectivity index (χ2n) is 4.36. The number of halogens is 2. The molecule has 0 aliphatic rings. The van der Waals surface area contributed by atoms with Crippen LogP contribution in [0.2, 0.25) is 0 Å². The van der Waals surface area contributed by atoms with Crippen molar-refractivity contribution in [3.63, 3.8) is 0 Å². The Balaban J connectivity index is 2.26. The summed E-state index contributed by atoms with van der Waals surface area (Å²) < 4.78 is 26.1. The Bertz CT molecular complexity index is 656. The fourth-order valence-corrected chi connectivity index (χ4v) is 1.83. The highest BCUT2D eigenvalue weighted by molar-refractivity contribution is 6.07. The molecule has 0 aliphatic carbocycles. The van der Waals surface area contributed by atoms with Gasteiger partial charge in [0.1, 0.15) is 0 Å². The molecule has 0 saturated heterocycles. The number of hydrogen-bond donors (Lipinski definition) is 2. The van der Waals surface area contributed by atoms with Crippen LogP contribution in [0.15, 0.2) is 36.4 Å². The van der Waals surface area contributed by atoms with E-state index in [4.69, 9.17) is 5.73 Å². The summed E-state index contributed by atoms with van der Waals surface area (Å²) in [6.45, 7) is 1.99. The molecule has 0 radical (unpaired) electrons. The van der Waals surface area contributed by atoms with Crippen molar-refractivity contribution >= 4 is 17.3 Å². The Morgan fingerprint density at radius 1 is 1.20 bits per heavy atom. The molecule has 3 nitrogen and oxygen atoms in total. The van der Waals surface area contributed by atoms with Crippen LogP contribution in [-0.4, -0.2) is 5.91 Å². The van der Waals surface area contributed by atoms with E-state index in [9.17, 15) is 13.6 Å². The van der Waals surface area contributed by atoms with Gasteiger partial charge in [0, 0.05) is 17.4 Å². The van der Waals surface area contributed by atoms with Crippen molar-refractivity contribution in [1.29, 1.82) is 0 Å². The van der Waals surface area contributed by atoms with E-state index >= 15 is 0 Å². The van der Waals surface area contributed by atoms with Crippen molar-refractivity contribution < 1.29 is 13.6 Å². The van der Waals surface area contributed by atoms with Gasteiger partial charge in [0.25, 0.3) is 5.91 Å². The number of carbonyl (C=O) groups excluding carboxylic acids is 1. The van der Waals surface area contributed by atoms with Gasteiger partial charge >= 0.3 is 0 Å². The maximum atomic E-state index is 13.2. The zero-order valence-corrected chi connectivity index (χ0v) is 10.9. The van der Waals surface area contributed by atoms with E-state index in [1.165, 1.54) is 0 Å². The lowest BCUT2D eigenvalue weighted by Crippen LogP contribution is -2.15. The first-order valence-corrected chi connectivity index (χ1v) is 6.16. The van der Waals surface area contributed by atoms with Crippen molar-refractivity contribution in [3.05, 3.63) is 59.2 Å². The number of aryl methyl sites for hydroxylation is 1. The van der Waals surface area contributed by atoms with Gasteiger partial charge in [-0.2, -0.15) is 0 Å². The molecule has 0 aromatic heterocycles. The normalized spacial score (nSPS) is 10.3. The van der Waals surface area contributed by atoms with Crippen molar-refractivity contribution in [3.8, 4) is 0 Å². The number of hydrogen-bond acceptors (Lipinski definition) is 2. The lowest BCUT2D eigenvalue weighted by atomic mass is 10.1. The molecule has 0 aliphatic heterocycles. The van der Waals surface area contributed by atoms with E-state index in [1.807, 2.05) is 25.1 Å². The number of rotatable bonds is 3. The van der Waals surface area contributed by atoms with Crippen molar-refractivity contribution in [2.24, 2.45) is 0 Å². The minimum atomic E-state index is -1.10. The summed E-state index contributed by atoms with van der Waals surface area (Å²) >= 11 is 0. The molecule has 104 valence electrons. The molecule has 0 fully saturated rings. The van der Waals surface area contributed by atoms with Gasteiger partial charge in [0.15, 0.2) is 11.6 Å². The van der Waals surface area contributed by atoms with Crippen LogP contribution in [-0.2, 0) is 6.42 Å². The molecule has 0 spiro atoms. The lowest BCUT2D eigenvalue weighted by Gasteiger charge is -2.09. The summed E-state index contributed by atoms with van der Waals surface area (Å²) in [5.41, 5.74) is 6.98. The number of carbonyl (C=O) groups is 1. The largest absolute Gasteiger partial charge is 0.398 e. The number of nitrogens with two attached hydrogens (primary N) is 1. The highest BCUT2D eigenvalue weighted by Crippen LogP contribution is 2.19. The van der Waals surface area contributed by atoms with E-state index in [-0.39, 0.29) is 11.3 Å². The van der Waals surface area contributed by atoms with Gasteiger partial charge in [-0.25, -0.2) is 8.78 Å². The van der Waals surface area contributed by atoms with Crippen LogP contribution < -0.4 is 11.1 Å². The molecule has 5 heteroatoms. The van der Waals surface area contributed by atoms with Crippen LogP contribution >= 0.6 is 0 Å². The maximum absolute atomic E-state index is 13.2. The van der Waals surface area contributed by atoms with E-state index in [1.54, 1.807) is 6.07 Å². The summed E-state index contributed by atoms with van der Waals surface area (Å²) in [6.07, 6.45) is 0.830. The molecule has 0 saturated carbocycles. The summed E-state index contributed by atoms with van der Waals surface area (Å²) in [5, 5.41) is 2.61. The molecular weight excluding hydrogens is 262 g/mol. The second kappa shape index (κ2) is 5.69. The Labute approximate surface area is 115 Å². The highest BCUT2D eigenvalue weighted by atomic mass is 19.2. The van der Waals surface area contributed by atoms with Crippen LogP contribution in [0.4, 0.5) is 20.2 Å². The standard InChI is InChI=1S/C15H14F2N2O/c1-2-9-4-3-5-10(6-9)19-15(20)11-7-12(16)13(17)8-14(11)18/h3-8H,2,18H2,1H3,(H,19,20). The minimum absolute atomic E-state index is 0.0919. The first-order chi connectivity index (χ1) is 9.51. The monoisotopic (exact) mass is 276 g/mol. The third-order valence-corrected chi connectivity index (χ3v) is 2.93. The quantitative estimate of drug-likeness (QED) is 0.844. The van der Waals surface area contributed by atoms with Gasteiger partial charge in [0.05, 0.1) is 5.56 Å². The van der Waals surface area contributed by atoms with Gasteiger partial charge in [-0.05, 0) is 30.2 Å². The topological polar surface area (TPSA) is 55.1 Å². The number of nitrogen functional groups attached to an aromatic ring is 1. The van der Waals surface area contributed by atoms with Crippen LogP contribution in [0.3, 0.4) is 0 Å². The van der Waals surface area contributed by atoms with Gasteiger partial charge < -0.3 is 11.1 Å². The molecule has 0 bridgehead atoms. The van der Waals surface area contributed by atoms with Crippen LogP contribution in [0.1, 0.15) is 22.8 Å². The fourth-order valence-electron chi connectivity index (χ4n) is 1.83. The molecular formula is C15H14F2N2O. The van der Waals surface area contributed by atoms with Crippen LogP contribution in [0.25, 0.3) is 0 Å². The van der Waals surface area contributed by atoms with Gasteiger partial charge in [-0.1, -0.05) is 19.1 Å². The zero-order valence-electron chi connectivity index (χ0n) is 10.9. The average Bonchev–Trinajstić information content (AvgIpc) is 2.43. The first-order valence-electron chi connectivity index (χ1n) is 6.16. The number of nitrogens with one attached hydrogen (secondary N) is 1. The molecule has 3 N–H and O–H groups in total. The number of anilines is 2. The average molecular weight is 276 g/mol. The zero-order chi connectivity index (χ0) is 14.7. The van der Waals surface area contributed by atoms with Gasteiger partial charge in [0.2, 0.25) is 0 Å². The summed E-state index contributed by atoms with van der Waals surface area (Å²) in [7, 11) is 0. The van der Waals surface area contributed by atoms with Crippen LogP contribution in [0.5, 0.6) is 0 Å². The lowest BCUT2D eigenvalue weighted by molar-refractivity contribution is 0.102. The minimum Gasteiger partial charge on any atom is -0.398 e. The van der Waals surface area contributed by atoms with Gasteiger partial charge in [-0.15, -0.1) is 0 Å². The summed E-state index contributed by atoms with van der Waals surface area (Å²) in [5.74, 6) is -2.76. The number of benzene rings is 2. The Kier molecular flexibility index (Phi) is 3.98. The van der Waals surface area contributed by atoms with E-state index in [0.29, 0.717) is 5.69 Å². The Morgan fingerprint density at radius 3 is 2.60 bits per heavy atom. The molecule has 2 aromatic rings. The first kappa shape index (κ1) is 14.0. The van der Waals surface area contributed by atoms with Crippen molar-refractivity contribution in [1.82, 2.24) is 0 Å². The molecule has 1 amide bonds. The van der Waals surface area contributed by atoms with E-state index in [2.05, 4.69) is 5.32 Å². The summed E-state index contributed by atoms with van der Waals surface area (Å²) in [4.78, 5) is 12.0. The Hall–Kier alpha value is -2.43. The molecule has 2 rings (SSSR count). The molecule has 0 heterocycles. The highest BCUT2D eigenvalue weighted by Gasteiger charge is 2.14. The smallest absolute Gasteiger partial charge is 0.257 e. The van der Waals surface area contributed by atoms with Gasteiger partial charge in [-0.3, -0.25) is 4.79 Å². The Morgan fingerprint density at radius 2 is 1.90 bits per heavy atom. The third-order valence-electron chi connectivity index (χ3n) is 2.93. The predicted octanol–water partition coefficient (Wildman–Crippen LogP) is 3.36. The molecule has 0 atom stereocenters. The van der Waals surface area contributed by atoms with Crippen LogP contribution in [0, 0.1) is 11.6 Å². The number of amides is 1. The predicted molar refractivity (Wildman–Crippen MR) is 74.5 cm³/mol.